The van der Waals surface area contributed by atoms with Crippen LogP contribution in [-0.4, -0.2) is 30.1 Å². The first-order valence-corrected chi connectivity index (χ1v) is 7.68. The van der Waals surface area contributed by atoms with Crippen molar-refractivity contribution in [2.45, 2.75) is 58.7 Å². The molecule has 2 rings (SSSR count). The fraction of sp³-hybridized carbons (Fsp3) is 0.647. The second-order valence-corrected chi connectivity index (χ2v) is 6.16. The van der Waals surface area contributed by atoms with E-state index in [0.29, 0.717) is 12.1 Å². The monoisotopic (exact) mass is 260 g/mol. The van der Waals surface area contributed by atoms with Gasteiger partial charge in [0.25, 0.3) is 0 Å². The third kappa shape index (κ3) is 4.63. The lowest BCUT2D eigenvalue weighted by Crippen LogP contribution is -2.45. The largest absolute Gasteiger partial charge is 0.313 e. The number of rotatable bonds is 5. The minimum atomic E-state index is 0.602. The van der Waals surface area contributed by atoms with Crippen molar-refractivity contribution in [2.24, 2.45) is 0 Å². The zero-order chi connectivity index (χ0) is 13.7. The van der Waals surface area contributed by atoms with Crippen LogP contribution in [0.5, 0.6) is 0 Å². The van der Waals surface area contributed by atoms with Crippen LogP contribution in [0.2, 0.25) is 0 Å². The summed E-state index contributed by atoms with van der Waals surface area (Å²) in [6.07, 6.45) is 4.06. The van der Waals surface area contributed by atoms with Crippen LogP contribution in [-0.2, 0) is 6.54 Å². The quantitative estimate of drug-likeness (QED) is 0.873. The van der Waals surface area contributed by atoms with Crippen LogP contribution in [0, 0.1) is 6.92 Å². The molecule has 1 aromatic rings. The predicted octanol–water partition coefficient (Wildman–Crippen LogP) is 3.35. The fourth-order valence-corrected chi connectivity index (χ4v) is 2.75. The molecule has 2 heteroatoms. The van der Waals surface area contributed by atoms with Crippen LogP contribution >= 0.6 is 0 Å². The van der Waals surface area contributed by atoms with Gasteiger partial charge in [0.1, 0.15) is 0 Å². The van der Waals surface area contributed by atoms with Gasteiger partial charge in [0.05, 0.1) is 0 Å². The third-order valence-electron chi connectivity index (χ3n) is 4.10. The van der Waals surface area contributed by atoms with E-state index in [2.05, 4.69) is 55.3 Å². The molecule has 0 bridgehead atoms. The molecule has 1 atom stereocenters. The molecule has 1 aromatic carbocycles. The molecule has 0 aliphatic carbocycles. The molecule has 19 heavy (non-hydrogen) atoms. The van der Waals surface area contributed by atoms with Gasteiger partial charge in [-0.1, -0.05) is 36.2 Å². The summed E-state index contributed by atoms with van der Waals surface area (Å²) in [5, 5.41) is 3.66. The SMILES string of the molecule is Cc1ccc(CN(CC2CCCCN2)C(C)C)cc1. The Morgan fingerprint density at radius 1 is 1.21 bits per heavy atom. The molecule has 106 valence electrons. The first-order valence-electron chi connectivity index (χ1n) is 7.68. The lowest BCUT2D eigenvalue weighted by molar-refractivity contribution is 0.177. The molecule has 1 aliphatic rings. The van der Waals surface area contributed by atoms with Gasteiger partial charge < -0.3 is 5.32 Å². The normalized spacial score (nSPS) is 20.2. The Morgan fingerprint density at radius 2 is 1.95 bits per heavy atom. The summed E-state index contributed by atoms with van der Waals surface area (Å²) in [7, 11) is 0. The predicted molar refractivity (Wildman–Crippen MR) is 82.4 cm³/mol. The molecule has 0 radical (unpaired) electrons. The van der Waals surface area contributed by atoms with E-state index >= 15 is 0 Å². The maximum Gasteiger partial charge on any atom is 0.0237 e. The summed E-state index contributed by atoms with van der Waals surface area (Å²) in [5.41, 5.74) is 2.77. The first-order chi connectivity index (χ1) is 9.15. The Kier molecular flexibility index (Phi) is 5.41. The van der Waals surface area contributed by atoms with Gasteiger partial charge in [-0.2, -0.15) is 0 Å². The van der Waals surface area contributed by atoms with Crippen molar-refractivity contribution in [3.8, 4) is 0 Å². The molecule has 0 amide bonds. The highest BCUT2D eigenvalue weighted by Gasteiger charge is 2.18. The Balaban J connectivity index is 1.93. The maximum atomic E-state index is 3.66. The molecule has 1 heterocycles. The van der Waals surface area contributed by atoms with E-state index in [0.717, 1.165) is 6.54 Å². The van der Waals surface area contributed by atoms with E-state index in [9.17, 15) is 0 Å². The van der Waals surface area contributed by atoms with Crippen LogP contribution in [0.25, 0.3) is 0 Å². The van der Waals surface area contributed by atoms with Crippen molar-refractivity contribution >= 4 is 0 Å². The molecule has 0 spiro atoms. The van der Waals surface area contributed by atoms with E-state index < -0.39 is 0 Å². The highest BCUT2D eigenvalue weighted by Crippen LogP contribution is 2.14. The van der Waals surface area contributed by atoms with Gasteiger partial charge in [-0.05, 0) is 45.7 Å². The van der Waals surface area contributed by atoms with Gasteiger partial charge in [0, 0.05) is 25.2 Å². The van der Waals surface area contributed by atoms with Crippen molar-refractivity contribution in [2.75, 3.05) is 13.1 Å². The Labute approximate surface area is 118 Å². The number of aryl methyl sites for hydroxylation is 1. The smallest absolute Gasteiger partial charge is 0.0237 e. The van der Waals surface area contributed by atoms with E-state index in [1.807, 2.05) is 0 Å². The second-order valence-electron chi connectivity index (χ2n) is 6.16. The highest BCUT2D eigenvalue weighted by atomic mass is 15.2. The minimum Gasteiger partial charge on any atom is -0.313 e. The summed E-state index contributed by atoms with van der Waals surface area (Å²) in [5.74, 6) is 0. The van der Waals surface area contributed by atoms with Crippen molar-refractivity contribution in [3.63, 3.8) is 0 Å². The average molecular weight is 260 g/mol. The van der Waals surface area contributed by atoms with E-state index in [4.69, 9.17) is 0 Å². The lowest BCUT2D eigenvalue weighted by Gasteiger charge is -2.33. The number of benzene rings is 1. The number of nitrogens with zero attached hydrogens (tertiary/aromatic N) is 1. The molecule has 2 nitrogen and oxygen atoms in total. The van der Waals surface area contributed by atoms with E-state index in [1.165, 1.54) is 43.5 Å². The summed E-state index contributed by atoms with van der Waals surface area (Å²) >= 11 is 0. The molecule has 1 unspecified atom stereocenters. The molecule has 1 aliphatic heterocycles. The molecule has 0 saturated carbocycles. The molecular weight excluding hydrogens is 232 g/mol. The minimum absolute atomic E-state index is 0.602. The summed E-state index contributed by atoms with van der Waals surface area (Å²) < 4.78 is 0. The standard InChI is InChI=1S/C17H28N2/c1-14(2)19(13-17-6-4-5-11-18-17)12-16-9-7-15(3)8-10-16/h7-10,14,17-18H,4-6,11-13H2,1-3H3. The summed E-state index contributed by atoms with van der Waals surface area (Å²) in [4.78, 5) is 2.59. The van der Waals surface area contributed by atoms with Crippen molar-refractivity contribution in [3.05, 3.63) is 35.4 Å². The Hall–Kier alpha value is -0.860. The summed E-state index contributed by atoms with van der Waals surface area (Å²) in [6, 6.07) is 10.2. The maximum absolute atomic E-state index is 3.66. The highest BCUT2D eigenvalue weighted by molar-refractivity contribution is 5.21. The number of piperidine rings is 1. The van der Waals surface area contributed by atoms with Gasteiger partial charge in [-0.15, -0.1) is 0 Å². The van der Waals surface area contributed by atoms with Crippen molar-refractivity contribution in [1.82, 2.24) is 10.2 Å². The zero-order valence-corrected chi connectivity index (χ0v) is 12.7. The van der Waals surface area contributed by atoms with Crippen LogP contribution < -0.4 is 5.32 Å². The molecule has 1 N–H and O–H groups in total. The molecular formula is C17H28N2. The van der Waals surface area contributed by atoms with Gasteiger partial charge >= 0.3 is 0 Å². The van der Waals surface area contributed by atoms with Gasteiger partial charge in [0.2, 0.25) is 0 Å². The Morgan fingerprint density at radius 3 is 2.53 bits per heavy atom. The zero-order valence-electron chi connectivity index (χ0n) is 12.7. The molecule has 0 aromatic heterocycles. The van der Waals surface area contributed by atoms with Crippen LogP contribution in [0.1, 0.15) is 44.2 Å². The van der Waals surface area contributed by atoms with Crippen LogP contribution in [0.4, 0.5) is 0 Å². The van der Waals surface area contributed by atoms with Crippen molar-refractivity contribution in [1.29, 1.82) is 0 Å². The third-order valence-corrected chi connectivity index (χ3v) is 4.10. The topological polar surface area (TPSA) is 15.3 Å². The second kappa shape index (κ2) is 7.06. The first kappa shape index (κ1) is 14.5. The molecule has 1 fully saturated rings. The van der Waals surface area contributed by atoms with Crippen molar-refractivity contribution < 1.29 is 0 Å². The fourth-order valence-electron chi connectivity index (χ4n) is 2.75. The van der Waals surface area contributed by atoms with Gasteiger partial charge in [0.15, 0.2) is 0 Å². The number of hydrogen-bond donors (Lipinski definition) is 1. The average Bonchev–Trinajstić information content (AvgIpc) is 2.41. The Bertz CT molecular complexity index is 363. The molecule has 1 saturated heterocycles. The summed E-state index contributed by atoms with van der Waals surface area (Å²) in [6.45, 7) is 10.2. The van der Waals surface area contributed by atoms with E-state index in [1.54, 1.807) is 0 Å². The van der Waals surface area contributed by atoms with Gasteiger partial charge in [-0.3, -0.25) is 4.90 Å². The lowest BCUT2D eigenvalue weighted by atomic mass is 10.0. The number of hydrogen-bond acceptors (Lipinski definition) is 2. The van der Waals surface area contributed by atoms with Crippen LogP contribution in [0.3, 0.4) is 0 Å². The van der Waals surface area contributed by atoms with E-state index in [-0.39, 0.29) is 0 Å². The van der Waals surface area contributed by atoms with Crippen LogP contribution in [0.15, 0.2) is 24.3 Å². The van der Waals surface area contributed by atoms with Gasteiger partial charge in [-0.25, -0.2) is 0 Å². The number of nitrogens with one attached hydrogen (secondary N) is 1.